The Kier molecular flexibility index (Phi) is 7.39. The van der Waals surface area contributed by atoms with Crippen LogP contribution in [0.25, 0.3) is 22.5 Å². The lowest BCUT2D eigenvalue weighted by atomic mass is 10.0. The van der Waals surface area contributed by atoms with Crippen molar-refractivity contribution in [3.05, 3.63) is 71.4 Å². The minimum Gasteiger partial charge on any atom is -0.465 e. The number of carbonyl (C=O) groups excluding carboxylic acids is 2. The monoisotopic (exact) mass is 496 g/mol. The Morgan fingerprint density at radius 3 is 2.50 bits per heavy atom. The maximum Gasteiger partial charge on any atom is 0.341 e. The number of hydrogen-bond acceptors (Lipinski definition) is 7. The van der Waals surface area contributed by atoms with Crippen LogP contribution in [-0.4, -0.2) is 39.5 Å². The van der Waals surface area contributed by atoms with E-state index in [1.807, 2.05) is 47.2 Å². The summed E-state index contributed by atoms with van der Waals surface area (Å²) in [7, 11) is 1.31. The molecule has 2 heterocycles. The van der Waals surface area contributed by atoms with E-state index in [0.717, 1.165) is 11.1 Å². The third kappa shape index (κ3) is 5.02. The molecule has 0 aliphatic carbocycles. The molecule has 4 aromatic rings. The lowest BCUT2D eigenvalue weighted by Crippen LogP contribution is -2.16. The summed E-state index contributed by atoms with van der Waals surface area (Å²) in [4.78, 5) is 25.2. The van der Waals surface area contributed by atoms with Gasteiger partial charge in [0.15, 0.2) is 11.0 Å². The van der Waals surface area contributed by atoms with Crippen molar-refractivity contribution in [1.29, 1.82) is 0 Å². The zero-order valence-corrected chi connectivity index (χ0v) is 20.1. The van der Waals surface area contributed by atoms with Crippen LogP contribution in [0.1, 0.15) is 17.3 Å². The summed E-state index contributed by atoms with van der Waals surface area (Å²) in [6, 6.07) is 15.5. The van der Waals surface area contributed by atoms with Gasteiger partial charge in [0, 0.05) is 23.1 Å². The topological polar surface area (TPSA) is 86.1 Å². The van der Waals surface area contributed by atoms with E-state index in [1.165, 1.54) is 42.3 Å². The number of rotatable bonds is 8. The molecule has 174 valence electrons. The minimum atomic E-state index is -0.516. The highest BCUT2D eigenvalue weighted by atomic mass is 32.2. The molecular weight excluding hydrogens is 475 g/mol. The molecule has 0 aliphatic rings. The predicted molar refractivity (Wildman–Crippen MR) is 132 cm³/mol. The Balaban J connectivity index is 1.49. The van der Waals surface area contributed by atoms with Crippen molar-refractivity contribution in [3.8, 4) is 22.5 Å². The molecule has 4 rings (SSSR count). The molecule has 0 spiro atoms. The summed E-state index contributed by atoms with van der Waals surface area (Å²) in [6.45, 7) is 2.53. The summed E-state index contributed by atoms with van der Waals surface area (Å²) in [5.74, 6) is -0.457. The fourth-order valence-corrected chi connectivity index (χ4v) is 5.15. The highest BCUT2D eigenvalue weighted by Crippen LogP contribution is 2.36. The number of esters is 1. The molecule has 2 aromatic heterocycles. The molecule has 0 aliphatic heterocycles. The number of amides is 1. The third-order valence-corrected chi connectivity index (χ3v) is 6.85. The van der Waals surface area contributed by atoms with Gasteiger partial charge in [0.2, 0.25) is 5.91 Å². The lowest BCUT2D eigenvalue weighted by Gasteiger charge is -2.09. The highest BCUT2D eigenvalue weighted by Gasteiger charge is 2.23. The second kappa shape index (κ2) is 10.6. The first kappa shape index (κ1) is 23.7. The molecule has 0 bridgehead atoms. The smallest absolute Gasteiger partial charge is 0.341 e. The van der Waals surface area contributed by atoms with Crippen LogP contribution in [0.5, 0.6) is 0 Å². The number of thioether (sulfide) groups is 1. The van der Waals surface area contributed by atoms with Gasteiger partial charge in [0.05, 0.1) is 12.9 Å². The standard InChI is InChI=1S/C24H21FN4O3S2/c1-3-29-21(16-9-11-17(25)12-10-16)27-28-24(29)34-14-19(30)26-22-20(23(31)32-2)18(13-33-22)15-7-5-4-6-8-15/h4-13H,3,14H2,1-2H3,(H,26,30). The van der Waals surface area contributed by atoms with Crippen molar-refractivity contribution in [2.45, 2.75) is 18.6 Å². The molecule has 0 fully saturated rings. The number of nitrogens with zero attached hydrogens (tertiary/aromatic N) is 3. The number of nitrogens with one attached hydrogen (secondary N) is 1. The van der Waals surface area contributed by atoms with Crippen molar-refractivity contribution < 1.29 is 18.7 Å². The fraction of sp³-hybridized carbons (Fsp3) is 0.167. The molecule has 0 saturated carbocycles. The van der Waals surface area contributed by atoms with E-state index in [2.05, 4.69) is 15.5 Å². The van der Waals surface area contributed by atoms with Crippen molar-refractivity contribution in [2.75, 3.05) is 18.2 Å². The maximum atomic E-state index is 13.3. The van der Waals surface area contributed by atoms with Crippen LogP contribution in [0.4, 0.5) is 9.39 Å². The summed E-state index contributed by atoms with van der Waals surface area (Å²) >= 11 is 2.50. The lowest BCUT2D eigenvalue weighted by molar-refractivity contribution is -0.113. The maximum absolute atomic E-state index is 13.3. The number of anilines is 1. The van der Waals surface area contributed by atoms with Crippen LogP contribution in [0, 0.1) is 5.82 Å². The Labute approximate surface area is 204 Å². The van der Waals surface area contributed by atoms with E-state index in [9.17, 15) is 14.0 Å². The molecular formula is C24H21FN4O3S2. The number of methoxy groups -OCH3 is 1. The van der Waals surface area contributed by atoms with Gasteiger partial charge in [-0.3, -0.25) is 4.79 Å². The molecule has 10 heteroatoms. The van der Waals surface area contributed by atoms with E-state index < -0.39 is 5.97 Å². The minimum absolute atomic E-state index is 0.0702. The second-order valence-corrected chi connectivity index (χ2v) is 8.93. The van der Waals surface area contributed by atoms with E-state index in [1.54, 1.807) is 12.1 Å². The number of hydrogen-bond donors (Lipinski definition) is 1. The van der Waals surface area contributed by atoms with Crippen molar-refractivity contribution >= 4 is 40.0 Å². The largest absolute Gasteiger partial charge is 0.465 e. The van der Waals surface area contributed by atoms with Crippen LogP contribution < -0.4 is 5.32 Å². The summed E-state index contributed by atoms with van der Waals surface area (Å²) in [5.41, 5.74) is 2.63. The first-order valence-electron chi connectivity index (χ1n) is 10.4. The van der Waals surface area contributed by atoms with Gasteiger partial charge in [-0.25, -0.2) is 9.18 Å². The van der Waals surface area contributed by atoms with E-state index in [0.29, 0.717) is 33.7 Å². The average molecular weight is 497 g/mol. The van der Waals surface area contributed by atoms with Crippen LogP contribution >= 0.6 is 23.1 Å². The normalized spacial score (nSPS) is 10.8. The molecule has 0 unspecified atom stereocenters. The van der Waals surface area contributed by atoms with Gasteiger partial charge in [-0.1, -0.05) is 42.1 Å². The Morgan fingerprint density at radius 2 is 1.82 bits per heavy atom. The molecule has 0 saturated heterocycles. The first-order valence-corrected chi connectivity index (χ1v) is 12.2. The van der Waals surface area contributed by atoms with Gasteiger partial charge in [-0.15, -0.1) is 21.5 Å². The van der Waals surface area contributed by atoms with E-state index >= 15 is 0 Å². The number of benzene rings is 2. The fourth-order valence-electron chi connectivity index (χ4n) is 3.37. The molecule has 0 radical (unpaired) electrons. The van der Waals surface area contributed by atoms with Crippen LogP contribution in [0.15, 0.2) is 65.1 Å². The van der Waals surface area contributed by atoms with Crippen molar-refractivity contribution in [3.63, 3.8) is 0 Å². The SMILES string of the molecule is CCn1c(SCC(=O)Nc2scc(-c3ccccc3)c2C(=O)OC)nnc1-c1ccc(F)cc1. The van der Waals surface area contributed by atoms with Crippen LogP contribution in [0.2, 0.25) is 0 Å². The van der Waals surface area contributed by atoms with Gasteiger partial charge in [0.1, 0.15) is 16.4 Å². The van der Waals surface area contributed by atoms with Gasteiger partial charge in [0.25, 0.3) is 0 Å². The molecule has 7 nitrogen and oxygen atoms in total. The quantitative estimate of drug-likeness (QED) is 0.261. The zero-order valence-electron chi connectivity index (χ0n) is 18.4. The van der Waals surface area contributed by atoms with Gasteiger partial charge in [-0.05, 0) is 36.8 Å². The second-order valence-electron chi connectivity index (χ2n) is 7.11. The number of ether oxygens (including phenoxy) is 1. The van der Waals surface area contributed by atoms with Crippen LogP contribution in [-0.2, 0) is 16.1 Å². The Morgan fingerprint density at radius 1 is 1.09 bits per heavy atom. The third-order valence-electron chi connectivity index (χ3n) is 4.99. The van der Waals surface area contributed by atoms with Gasteiger partial charge >= 0.3 is 5.97 Å². The predicted octanol–water partition coefficient (Wildman–Crippen LogP) is 5.35. The summed E-state index contributed by atoms with van der Waals surface area (Å²) < 4.78 is 20.1. The first-order chi connectivity index (χ1) is 16.5. The number of aromatic nitrogens is 3. The number of carbonyl (C=O) groups is 2. The Hall–Kier alpha value is -3.50. The van der Waals surface area contributed by atoms with E-state index in [4.69, 9.17) is 4.74 Å². The van der Waals surface area contributed by atoms with Crippen molar-refractivity contribution in [2.24, 2.45) is 0 Å². The zero-order chi connectivity index (χ0) is 24.1. The highest BCUT2D eigenvalue weighted by molar-refractivity contribution is 7.99. The number of thiophene rings is 1. The molecule has 34 heavy (non-hydrogen) atoms. The van der Waals surface area contributed by atoms with Crippen molar-refractivity contribution in [1.82, 2.24) is 14.8 Å². The summed E-state index contributed by atoms with van der Waals surface area (Å²) in [5, 5.41) is 14.1. The Bertz CT molecular complexity index is 1300. The van der Waals surface area contributed by atoms with Gasteiger partial charge in [-0.2, -0.15) is 0 Å². The number of halogens is 1. The molecule has 2 aromatic carbocycles. The van der Waals surface area contributed by atoms with Crippen LogP contribution in [0.3, 0.4) is 0 Å². The van der Waals surface area contributed by atoms with E-state index in [-0.39, 0.29) is 17.5 Å². The molecule has 1 N–H and O–H groups in total. The average Bonchev–Trinajstić information content (AvgIpc) is 3.47. The molecule has 0 atom stereocenters. The molecule has 1 amide bonds. The summed E-state index contributed by atoms with van der Waals surface area (Å²) in [6.07, 6.45) is 0. The van der Waals surface area contributed by atoms with Gasteiger partial charge < -0.3 is 14.6 Å².